The molecule has 2 rings (SSSR count). The summed E-state index contributed by atoms with van der Waals surface area (Å²) in [6.45, 7) is 0. The average molecular weight is 271 g/mol. The van der Waals surface area contributed by atoms with Gasteiger partial charge in [-0.25, -0.2) is 8.78 Å². The molecule has 1 heterocycles. The molecule has 0 radical (unpaired) electrons. The summed E-state index contributed by atoms with van der Waals surface area (Å²) >= 11 is 3.16. The second kappa shape index (κ2) is 5.62. The molecule has 0 spiro atoms. The Kier molecular flexibility index (Phi) is 4.15. The Morgan fingerprint density at radius 1 is 1.29 bits per heavy atom. The van der Waals surface area contributed by atoms with Gasteiger partial charge in [0.05, 0.1) is 4.21 Å². The molecule has 1 aromatic carbocycles. The van der Waals surface area contributed by atoms with Gasteiger partial charge >= 0.3 is 0 Å². The largest absolute Gasteiger partial charge is 0.323 e. The van der Waals surface area contributed by atoms with Gasteiger partial charge in [-0.05, 0) is 29.6 Å². The molecular weight excluding hydrogens is 260 g/mol. The van der Waals surface area contributed by atoms with E-state index in [1.165, 1.54) is 0 Å². The molecule has 0 aliphatic rings. The maximum atomic E-state index is 13.4. The van der Waals surface area contributed by atoms with E-state index in [0.29, 0.717) is 5.75 Å². The zero-order chi connectivity index (χ0) is 12.3. The molecule has 2 N–H and O–H groups in total. The number of benzene rings is 1. The van der Waals surface area contributed by atoms with Gasteiger partial charge in [-0.15, -0.1) is 23.1 Å². The third kappa shape index (κ3) is 3.28. The van der Waals surface area contributed by atoms with E-state index in [1.807, 2.05) is 17.5 Å². The van der Waals surface area contributed by atoms with Crippen molar-refractivity contribution in [2.45, 2.75) is 10.3 Å². The molecule has 1 unspecified atom stereocenters. The van der Waals surface area contributed by atoms with E-state index in [0.717, 1.165) is 22.4 Å². The summed E-state index contributed by atoms with van der Waals surface area (Å²) in [5.41, 5.74) is 6.09. The van der Waals surface area contributed by atoms with Crippen LogP contribution in [0.4, 0.5) is 8.78 Å². The summed E-state index contributed by atoms with van der Waals surface area (Å²) in [5, 5.41) is 1.97. The Balaban J connectivity index is 2.04. The second-order valence-electron chi connectivity index (χ2n) is 3.52. The van der Waals surface area contributed by atoms with Crippen LogP contribution < -0.4 is 5.73 Å². The number of hydrogen-bond acceptors (Lipinski definition) is 3. The summed E-state index contributed by atoms with van der Waals surface area (Å²) in [6, 6.07) is 6.79. The summed E-state index contributed by atoms with van der Waals surface area (Å²) < 4.78 is 27.5. The highest BCUT2D eigenvalue weighted by Gasteiger charge is 2.13. The van der Waals surface area contributed by atoms with Gasteiger partial charge in [0.25, 0.3) is 0 Å². The lowest BCUT2D eigenvalue weighted by Gasteiger charge is -2.12. The minimum Gasteiger partial charge on any atom is -0.323 e. The van der Waals surface area contributed by atoms with Crippen LogP contribution in [-0.2, 0) is 0 Å². The topological polar surface area (TPSA) is 26.0 Å². The molecule has 1 atom stereocenters. The van der Waals surface area contributed by atoms with Gasteiger partial charge in [0.1, 0.15) is 11.6 Å². The van der Waals surface area contributed by atoms with E-state index in [2.05, 4.69) is 0 Å². The van der Waals surface area contributed by atoms with Crippen molar-refractivity contribution in [2.24, 2.45) is 5.73 Å². The standard InChI is InChI=1S/C12H11F2NS2/c13-8-3-4-10(14)9(6-8)11(15)7-17-12-2-1-5-16-12/h1-6,11H,7,15H2. The highest BCUT2D eigenvalue weighted by atomic mass is 32.2. The van der Waals surface area contributed by atoms with Crippen LogP contribution in [0.2, 0.25) is 0 Å². The second-order valence-corrected chi connectivity index (χ2v) is 5.78. The van der Waals surface area contributed by atoms with Gasteiger partial charge in [0, 0.05) is 17.4 Å². The average Bonchev–Trinajstić information content (AvgIpc) is 2.82. The predicted octanol–water partition coefficient (Wildman–Crippen LogP) is 3.82. The van der Waals surface area contributed by atoms with E-state index in [-0.39, 0.29) is 5.56 Å². The Labute approximate surface area is 107 Å². The third-order valence-electron chi connectivity index (χ3n) is 2.26. The smallest absolute Gasteiger partial charge is 0.128 e. The maximum Gasteiger partial charge on any atom is 0.128 e. The van der Waals surface area contributed by atoms with Crippen LogP contribution in [0.1, 0.15) is 11.6 Å². The number of halogens is 2. The van der Waals surface area contributed by atoms with E-state index in [1.54, 1.807) is 23.1 Å². The minimum absolute atomic E-state index is 0.231. The molecule has 17 heavy (non-hydrogen) atoms. The molecule has 0 aliphatic carbocycles. The number of thioether (sulfide) groups is 1. The molecule has 1 nitrogen and oxygen atoms in total. The lowest BCUT2D eigenvalue weighted by Crippen LogP contribution is -2.14. The molecule has 0 amide bonds. The van der Waals surface area contributed by atoms with E-state index in [4.69, 9.17) is 5.73 Å². The van der Waals surface area contributed by atoms with Crippen LogP contribution in [0.25, 0.3) is 0 Å². The first kappa shape index (κ1) is 12.5. The Morgan fingerprint density at radius 2 is 2.12 bits per heavy atom. The predicted molar refractivity (Wildman–Crippen MR) is 68.3 cm³/mol. The molecule has 5 heteroatoms. The molecule has 90 valence electrons. The van der Waals surface area contributed by atoms with Crippen LogP contribution >= 0.6 is 23.1 Å². The number of hydrogen-bond donors (Lipinski definition) is 1. The van der Waals surface area contributed by atoms with Crippen molar-refractivity contribution in [1.82, 2.24) is 0 Å². The van der Waals surface area contributed by atoms with Crippen LogP contribution in [-0.4, -0.2) is 5.75 Å². The maximum absolute atomic E-state index is 13.4. The van der Waals surface area contributed by atoms with E-state index >= 15 is 0 Å². The molecule has 0 saturated carbocycles. The summed E-state index contributed by atoms with van der Waals surface area (Å²) in [7, 11) is 0. The van der Waals surface area contributed by atoms with Crippen molar-refractivity contribution in [3.8, 4) is 0 Å². The van der Waals surface area contributed by atoms with Gasteiger partial charge < -0.3 is 5.73 Å². The molecule has 0 saturated heterocycles. The Bertz CT molecular complexity index is 485. The highest BCUT2D eigenvalue weighted by molar-refractivity contribution is 8.01. The minimum atomic E-state index is -0.502. The van der Waals surface area contributed by atoms with Crippen molar-refractivity contribution < 1.29 is 8.78 Å². The van der Waals surface area contributed by atoms with Crippen molar-refractivity contribution in [3.05, 3.63) is 52.9 Å². The van der Waals surface area contributed by atoms with Crippen molar-refractivity contribution in [1.29, 1.82) is 0 Å². The Hall–Kier alpha value is -0.910. The molecular formula is C12H11F2NS2. The Morgan fingerprint density at radius 3 is 2.82 bits per heavy atom. The molecule has 1 aromatic heterocycles. The van der Waals surface area contributed by atoms with Crippen molar-refractivity contribution in [2.75, 3.05) is 5.75 Å². The fraction of sp³-hybridized carbons (Fsp3) is 0.167. The fourth-order valence-electron chi connectivity index (χ4n) is 1.41. The third-order valence-corrected chi connectivity index (χ3v) is 4.51. The van der Waals surface area contributed by atoms with Gasteiger partial charge in [-0.3, -0.25) is 0 Å². The number of rotatable bonds is 4. The zero-order valence-corrected chi connectivity index (χ0v) is 10.5. The van der Waals surface area contributed by atoms with Gasteiger partial charge in [0.2, 0.25) is 0 Å². The molecule has 0 bridgehead atoms. The van der Waals surface area contributed by atoms with Crippen molar-refractivity contribution in [3.63, 3.8) is 0 Å². The molecule has 2 aromatic rings. The normalized spacial score (nSPS) is 12.6. The lowest BCUT2D eigenvalue weighted by molar-refractivity contribution is 0.573. The number of thiophene rings is 1. The molecule has 0 fully saturated rings. The quantitative estimate of drug-likeness (QED) is 0.856. The number of nitrogens with two attached hydrogens (primary N) is 1. The SMILES string of the molecule is NC(CSc1cccs1)c1cc(F)ccc1F. The first-order valence-electron chi connectivity index (χ1n) is 5.03. The van der Waals surface area contributed by atoms with Crippen LogP contribution in [0.3, 0.4) is 0 Å². The summed E-state index contributed by atoms with van der Waals surface area (Å²) in [5.74, 6) is -0.385. The first-order chi connectivity index (χ1) is 8.16. The lowest BCUT2D eigenvalue weighted by atomic mass is 10.1. The van der Waals surface area contributed by atoms with Gasteiger partial charge in [-0.2, -0.15) is 0 Å². The zero-order valence-electron chi connectivity index (χ0n) is 8.90. The van der Waals surface area contributed by atoms with E-state index in [9.17, 15) is 8.78 Å². The van der Waals surface area contributed by atoms with Crippen LogP contribution in [0.15, 0.2) is 39.9 Å². The van der Waals surface area contributed by atoms with Crippen LogP contribution in [0, 0.1) is 11.6 Å². The summed E-state index contributed by atoms with van der Waals surface area (Å²) in [6.07, 6.45) is 0. The van der Waals surface area contributed by atoms with Gasteiger partial charge in [-0.1, -0.05) is 6.07 Å². The molecule has 0 aliphatic heterocycles. The van der Waals surface area contributed by atoms with Gasteiger partial charge in [0.15, 0.2) is 0 Å². The summed E-state index contributed by atoms with van der Waals surface area (Å²) in [4.78, 5) is 0. The van der Waals surface area contributed by atoms with Crippen LogP contribution in [0.5, 0.6) is 0 Å². The van der Waals surface area contributed by atoms with E-state index < -0.39 is 17.7 Å². The highest BCUT2D eigenvalue weighted by Crippen LogP contribution is 2.28. The fourth-order valence-corrected chi connectivity index (χ4v) is 3.20. The first-order valence-corrected chi connectivity index (χ1v) is 6.90. The monoisotopic (exact) mass is 271 g/mol. The van der Waals surface area contributed by atoms with Crippen molar-refractivity contribution >= 4 is 23.1 Å².